The summed E-state index contributed by atoms with van der Waals surface area (Å²) in [5, 5.41) is 2.87. The number of anilines is 1. The van der Waals surface area contributed by atoms with Gasteiger partial charge in [-0.2, -0.15) is 0 Å². The van der Waals surface area contributed by atoms with Crippen molar-refractivity contribution in [3.05, 3.63) is 52.8 Å². The zero-order valence-electron chi connectivity index (χ0n) is 14.9. The Morgan fingerprint density at radius 2 is 2.00 bits per heavy atom. The van der Waals surface area contributed by atoms with Gasteiger partial charge < -0.3 is 15.0 Å². The molecule has 1 aromatic carbocycles. The highest BCUT2D eigenvalue weighted by molar-refractivity contribution is 6.15. The number of amides is 1. The second kappa shape index (κ2) is 6.84. The summed E-state index contributed by atoms with van der Waals surface area (Å²) >= 11 is 0. The van der Waals surface area contributed by atoms with E-state index in [4.69, 9.17) is 4.74 Å². The maximum absolute atomic E-state index is 12.7. The van der Waals surface area contributed by atoms with Gasteiger partial charge in [0.15, 0.2) is 5.78 Å². The first-order chi connectivity index (χ1) is 11.9. The number of aromatic amines is 1. The van der Waals surface area contributed by atoms with Crippen LogP contribution in [0.25, 0.3) is 0 Å². The lowest BCUT2D eigenvalue weighted by Crippen LogP contribution is -2.31. The third-order valence-electron chi connectivity index (χ3n) is 4.73. The Bertz CT molecular complexity index is 788. The number of benzene rings is 1. The molecule has 5 nitrogen and oxygen atoms in total. The lowest BCUT2D eigenvalue weighted by atomic mass is 9.74. The minimum Gasteiger partial charge on any atom is -0.377 e. The van der Waals surface area contributed by atoms with Crippen LogP contribution in [-0.4, -0.2) is 23.3 Å². The third kappa shape index (κ3) is 3.51. The number of rotatable bonds is 5. The summed E-state index contributed by atoms with van der Waals surface area (Å²) in [6.45, 7) is 7.05. The molecule has 5 heteroatoms. The van der Waals surface area contributed by atoms with Gasteiger partial charge in [-0.3, -0.25) is 9.59 Å². The maximum atomic E-state index is 12.7. The normalized spacial score (nSPS) is 15.7. The lowest BCUT2D eigenvalue weighted by molar-refractivity contribution is 0.0805. The fraction of sp³-hybridized carbons (Fsp3) is 0.400. The SMILES string of the molecule is CCOCc1ccc(NC(=O)c2c[nH]c3c2C(=O)C(C)(C)CC3)cc1. The largest absolute Gasteiger partial charge is 0.377 e. The van der Waals surface area contributed by atoms with Gasteiger partial charge in [-0.25, -0.2) is 0 Å². The highest BCUT2D eigenvalue weighted by Gasteiger charge is 2.37. The van der Waals surface area contributed by atoms with E-state index in [0.29, 0.717) is 30.0 Å². The molecule has 25 heavy (non-hydrogen) atoms. The van der Waals surface area contributed by atoms with E-state index < -0.39 is 5.41 Å². The first-order valence-corrected chi connectivity index (χ1v) is 8.65. The topological polar surface area (TPSA) is 71.2 Å². The van der Waals surface area contributed by atoms with Crippen LogP contribution in [0.1, 0.15) is 59.2 Å². The molecule has 1 heterocycles. The Labute approximate surface area is 147 Å². The van der Waals surface area contributed by atoms with Crippen molar-refractivity contribution in [1.29, 1.82) is 0 Å². The van der Waals surface area contributed by atoms with E-state index in [1.807, 2.05) is 45.0 Å². The number of carbonyl (C=O) groups is 2. The van der Waals surface area contributed by atoms with Crippen LogP contribution < -0.4 is 5.32 Å². The average molecular weight is 340 g/mol. The Morgan fingerprint density at radius 3 is 2.68 bits per heavy atom. The van der Waals surface area contributed by atoms with Crippen molar-refractivity contribution in [2.45, 2.75) is 40.2 Å². The summed E-state index contributed by atoms with van der Waals surface area (Å²) in [7, 11) is 0. The number of hydrogen-bond acceptors (Lipinski definition) is 3. The monoisotopic (exact) mass is 340 g/mol. The summed E-state index contributed by atoms with van der Waals surface area (Å²) in [5.41, 5.74) is 3.15. The van der Waals surface area contributed by atoms with Gasteiger partial charge in [-0.05, 0) is 37.5 Å². The number of ketones is 1. The molecule has 0 atom stereocenters. The van der Waals surface area contributed by atoms with Gasteiger partial charge in [-0.15, -0.1) is 0 Å². The van der Waals surface area contributed by atoms with E-state index in [9.17, 15) is 9.59 Å². The van der Waals surface area contributed by atoms with Gasteiger partial charge in [0.05, 0.1) is 17.7 Å². The highest BCUT2D eigenvalue weighted by atomic mass is 16.5. The molecule has 2 N–H and O–H groups in total. The van der Waals surface area contributed by atoms with Crippen LogP contribution in [0.3, 0.4) is 0 Å². The van der Waals surface area contributed by atoms with Crippen LogP contribution in [0.15, 0.2) is 30.5 Å². The Hall–Kier alpha value is -2.40. The smallest absolute Gasteiger partial charge is 0.257 e. The molecule has 3 rings (SSSR count). The van der Waals surface area contributed by atoms with Gasteiger partial charge in [0.2, 0.25) is 0 Å². The van der Waals surface area contributed by atoms with Crippen molar-refractivity contribution >= 4 is 17.4 Å². The summed E-state index contributed by atoms with van der Waals surface area (Å²) < 4.78 is 5.36. The molecule has 0 radical (unpaired) electrons. The predicted molar refractivity (Wildman–Crippen MR) is 97.0 cm³/mol. The molecule has 132 valence electrons. The Kier molecular flexibility index (Phi) is 4.77. The van der Waals surface area contributed by atoms with Gasteiger partial charge >= 0.3 is 0 Å². The second-order valence-corrected chi connectivity index (χ2v) is 7.06. The van der Waals surface area contributed by atoms with Crippen LogP contribution in [0.5, 0.6) is 0 Å². The van der Waals surface area contributed by atoms with E-state index in [1.54, 1.807) is 6.20 Å². The zero-order chi connectivity index (χ0) is 18.0. The minimum atomic E-state index is -0.425. The van der Waals surface area contributed by atoms with Crippen molar-refractivity contribution in [2.75, 3.05) is 11.9 Å². The van der Waals surface area contributed by atoms with Gasteiger partial charge in [0, 0.05) is 29.6 Å². The Balaban J connectivity index is 1.77. The molecule has 0 aliphatic heterocycles. The van der Waals surface area contributed by atoms with E-state index in [2.05, 4.69) is 10.3 Å². The molecule has 0 saturated carbocycles. The molecule has 0 saturated heterocycles. The van der Waals surface area contributed by atoms with Crippen molar-refractivity contribution < 1.29 is 14.3 Å². The fourth-order valence-corrected chi connectivity index (χ4v) is 3.09. The second-order valence-electron chi connectivity index (χ2n) is 7.06. The molecular formula is C20H24N2O3. The van der Waals surface area contributed by atoms with Gasteiger partial charge in [-0.1, -0.05) is 26.0 Å². The summed E-state index contributed by atoms with van der Waals surface area (Å²) in [4.78, 5) is 28.5. The van der Waals surface area contributed by atoms with Crippen LogP contribution in [0.2, 0.25) is 0 Å². The molecule has 0 fully saturated rings. The molecule has 1 amide bonds. The quantitative estimate of drug-likeness (QED) is 0.865. The number of nitrogens with one attached hydrogen (secondary N) is 2. The summed E-state index contributed by atoms with van der Waals surface area (Å²) in [5.74, 6) is -0.228. The van der Waals surface area contributed by atoms with E-state index >= 15 is 0 Å². The number of fused-ring (bicyclic) bond motifs is 1. The number of H-pyrrole nitrogens is 1. The van der Waals surface area contributed by atoms with Crippen LogP contribution >= 0.6 is 0 Å². The molecule has 2 aromatic rings. The Morgan fingerprint density at radius 1 is 1.28 bits per heavy atom. The molecule has 1 aliphatic carbocycles. The zero-order valence-corrected chi connectivity index (χ0v) is 14.9. The number of Topliss-reactive ketones (excluding diaryl/α,β-unsaturated/α-hetero) is 1. The molecule has 0 spiro atoms. The molecule has 1 aliphatic rings. The molecular weight excluding hydrogens is 316 g/mol. The van der Waals surface area contributed by atoms with E-state index in [0.717, 1.165) is 24.1 Å². The first kappa shape index (κ1) is 17.4. The number of aryl methyl sites for hydroxylation is 1. The van der Waals surface area contributed by atoms with Crippen molar-refractivity contribution in [1.82, 2.24) is 4.98 Å². The summed E-state index contributed by atoms with van der Waals surface area (Å²) in [6, 6.07) is 7.53. The predicted octanol–water partition coefficient (Wildman–Crippen LogP) is 3.96. The van der Waals surface area contributed by atoms with E-state index in [-0.39, 0.29) is 11.7 Å². The average Bonchev–Trinajstić information content (AvgIpc) is 3.02. The number of hydrogen-bond donors (Lipinski definition) is 2. The van der Waals surface area contributed by atoms with Crippen molar-refractivity contribution in [2.24, 2.45) is 5.41 Å². The molecule has 0 bridgehead atoms. The molecule has 1 aromatic heterocycles. The fourth-order valence-electron chi connectivity index (χ4n) is 3.09. The number of aromatic nitrogens is 1. The number of carbonyl (C=O) groups excluding carboxylic acids is 2. The van der Waals surface area contributed by atoms with Gasteiger partial charge in [0.25, 0.3) is 5.91 Å². The van der Waals surface area contributed by atoms with E-state index in [1.165, 1.54) is 0 Å². The highest BCUT2D eigenvalue weighted by Crippen LogP contribution is 2.36. The van der Waals surface area contributed by atoms with Crippen molar-refractivity contribution in [3.63, 3.8) is 0 Å². The van der Waals surface area contributed by atoms with Crippen LogP contribution in [-0.2, 0) is 17.8 Å². The van der Waals surface area contributed by atoms with Crippen molar-refractivity contribution in [3.8, 4) is 0 Å². The van der Waals surface area contributed by atoms with Gasteiger partial charge in [0.1, 0.15) is 0 Å². The minimum absolute atomic E-state index is 0.0345. The third-order valence-corrected chi connectivity index (χ3v) is 4.73. The van der Waals surface area contributed by atoms with Crippen LogP contribution in [0.4, 0.5) is 5.69 Å². The first-order valence-electron chi connectivity index (χ1n) is 8.65. The molecule has 0 unspecified atom stereocenters. The maximum Gasteiger partial charge on any atom is 0.257 e. The standard InChI is InChI=1S/C20H24N2O3/c1-4-25-12-13-5-7-14(8-6-13)22-19(24)15-11-21-16-9-10-20(2,3)18(23)17(15)16/h5-8,11,21H,4,9-10,12H2,1-3H3,(H,22,24). The number of ether oxygens (including phenoxy) is 1. The lowest BCUT2D eigenvalue weighted by Gasteiger charge is -2.28. The summed E-state index contributed by atoms with van der Waals surface area (Å²) in [6.07, 6.45) is 3.22. The van der Waals surface area contributed by atoms with Crippen LogP contribution in [0, 0.1) is 5.41 Å².